The first-order chi connectivity index (χ1) is 14.7. The highest BCUT2D eigenvalue weighted by Crippen LogP contribution is 2.45. The summed E-state index contributed by atoms with van der Waals surface area (Å²) in [5.41, 5.74) is 3.14. The highest BCUT2D eigenvalue weighted by atomic mass is 16.5. The number of imidazole rings is 1. The molecule has 148 valence electrons. The van der Waals surface area contributed by atoms with E-state index in [0.717, 1.165) is 23.1 Å². The first-order valence-corrected chi connectivity index (χ1v) is 9.93. The van der Waals surface area contributed by atoms with Crippen LogP contribution in [0.3, 0.4) is 0 Å². The summed E-state index contributed by atoms with van der Waals surface area (Å²) in [6.07, 6.45) is 4.43. The fourth-order valence-corrected chi connectivity index (χ4v) is 4.00. The summed E-state index contributed by atoms with van der Waals surface area (Å²) in [5, 5.41) is 4.12. The van der Waals surface area contributed by atoms with Crippen LogP contribution in [-0.4, -0.2) is 29.1 Å². The van der Waals surface area contributed by atoms with Crippen molar-refractivity contribution in [1.82, 2.24) is 29.1 Å². The second-order valence-electron chi connectivity index (χ2n) is 7.79. The number of fused-ring (bicyclic) bond motifs is 3. The molecule has 1 fully saturated rings. The average molecular weight is 398 g/mol. The largest absolute Gasteiger partial charge is 0.332 e. The normalized spacial score (nSPS) is 18.3. The summed E-state index contributed by atoms with van der Waals surface area (Å²) >= 11 is 0. The van der Waals surface area contributed by atoms with Gasteiger partial charge in [0.1, 0.15) is 11.8 Å². The zero-order chi connectivity index (χ0) is 20.2. The van der Waals surface area contributed by atoms with Gasteiger partial charge in [-0.2, -0.15) is 4.98 Å². The van der Waals surface area contributed by atoms with Gasteiger partial charge in [-0.3, -0.25) is 18.7 Å². The highest BCUT2D eigenvalue weighted by Gasteiger charge is 2.38. The molecule has 0 bridgehead atoms. The van der Waals surface area contributed by atoms with Gasteiger partial charge in [-0.05, 0) is 36.6 Å². The molecule has 30 heavy (non-hydrogen) atoms. The second-order valence-corrected chi connectivity index (χ2v) is 7.79. The summed E-state index contributed by atoms with van der Waals surface area (Å²) in [6, 6.07) is 13.4. The van der Waals surface area contributed by atoms with Gasteiger partial charge in [0.2, 0.25) is 0 Å². The molecule has 4 aromatic heterocycles. The Kier molecular flexibility index (Phi) is 3.61. The van der Waals surface area contributed by atoms with Crippen LogP contribution in [0.1, 0.15) is 30.8 Å². The molecule has 0 radical (unpaired) electrons. The first kappa shape index (κ1) is 17.1. The number of hydrogen-bond acceptors (Lipinski definition) is 6. The molecule has 0 N–H and O–H groups in total. The lowest BCUT2D eigenvalue weighted by molar-refractivity contribution is 0.421. The summed E-state index contributed by atoms with van der Waals surface area (Å²) < 4.78 is 9.01. The van der Waals surface area contributed by atoms with Gasteiger partial charge < -0.3 is 4.52 Å². The Bertz CT molecular complexity index is 1450. The van der Waals surface area contributed by atoms with E-state index in [1.54, 1.807) is 21.5 Å². The maximum absolute atomic E-state index is 13.6. The van der Waals surface area contributed by atoms with Crippen LogP contribution in [-0.2, 0) is 6.54 Å². The molecule has 8 heteroatoms. The lowest BCUT2D eigenvalue weighted by atomic mass is 10.2. The molecule has 0 aliphatic heterocycles. The molecule has 5 aromatic rings. The minimum absolute atomic E-state index is 0.175. The van der Waals surface area contributed by atoms with Crippen LogP contribution in [0, 0.1) is 5.92 Å². The van der Waals surface area contributed by atoms with Crippen molar-refractivity contribution in [3.63, 3.8) is 0 Å². The number of benzene rings is 1. The Labute approximate surface area is 170 Å². The fourth-order valence-electron chi connectivity index (χ4n) is 4.00. The Morgan fingerprint density at radius 1 is 1.10 bits per heavy atom. The first-order valence-electron chi connectivity index (χ1n) is 9.93. The third-order valence-corrected chi connectivity index (χ3v) is 5.78. The molecule has 0 saturated heterocycles. The van der Waals surface area contributed by atoms with Gasteiger partial charge in [0, 0.05) is 12.1 Å². The van der Waals surface area contributed by atoms with Gasteiger partial charge >= 0.3 is 0 Å². The molecule has 0 spiro atoms. The maximum atomic E-state index is 13.6. The molecule has 1 aliphatic carbocycles. The third-order valence-electron chi connectivity index (χ3n) is 5.78. The van der Waals surface area contributed by atoms with E-state index in [0.29, 0.717) is 35.4 Å². The van der Waals surface area contributed by atoms with Crippen molar-refractivity contribution in [1.29, 1.82) is 0 Å². The van der Waals surface area contributed by atoms with Gasteiger partial charge in [0.05, 0.1) is 23.3 Å². The summed E-state index contributed by atoms with van der Waals surface area (Å²) in [5.74, 6) is 1.86. The summed E-state index contributed by atoms with van der Waals surface area (Å²) in [4.78, 5) is 27.0. The van der Waals surface area contributed by atoms with Crippen LogP contribution in [0.4, 0.5) is 0 Å². The Hall–Kier alpha value is -3.81. The van der Waals surface area contributed by atoms with Crippen LogP contribution in [0.2, 0.25) is 0 Å². The quantitative estimate of drug-likeness (QED) is 0.461. The lowest BCUT2D eigenvalue weighted by Crippen LogP contribution is -2.24. The fraction of sp³-hybridized carbons (Fsp3) is 0.227. The van der Waals surface area contributed by atoms with Crippen LogP contribution in [0.5, 0.6) is 0 Å². The van der Waals surface area contributed by atoms with Crippen molar-refractivity contribution in [2.24, 2.45) is 5.92 Å². The lowest BCUT2D eigenvalue weighted by Gasteiger charge is -2.12. The maximum Gasteiger partial charge on any atom is 0.278 e. The van der Waals surface area contributed by atoms with Crippen LogP contribution in [0.15, 0.2) is 64.3 Å². The van der Waals surface area contributed by atoms with Crippen molar-refractivity contribution in [3.8, 4) is 11.6 Å². The van der Waals surface area contributed by atoms with Gasteiger partial charge in [0.25, 0.3) is 11.4 Å². The van der Waals surface area contributed by atoms with Crippen LogP contribution < -0.4 is 5.56 Å². The molecule has 4 heterocycles. The van der Waals surface area contributed by atoms with E-state index in [4.69, 9.17) is 4.52 Å². The number of para-hydroxylation sites is 2. The minimum Gasteiger partial charge on any atom is -0.332 e. The second kappa shape index (κ2) is 6.35. The van der Waals surface area contributed by atoms with Gasteiger partial charge in [0.15, 0.2) is 11.5 Å². The zero-order valence-electron chi connectivity index (χ0n) is 16.3. The standard InChI is InChI=1S/C22H18N6O2/c1-13-10-15(13)20-25-21(30-26-20)18-19-22(29)27(11-14-6-4-5-9-23-14)16-7-2-3-8-17(16)28(19)12-24-18/h2-9,12-13,15H,10-11H2,1H3. The van der Waals surface area contributed by atoms with E-state index >= 15 is 0 Å². The smallest absolute Gasteiger partial charge is 0.278 e. The van der Waals surface area contributed by atoms with Crippen molar-refractivity contribution >= 4 is 16.6 Å². The predicted octanol–water partition coefficient (Wildman–Crippen LogP) is 3.27. The Morgan fingerprint density at radius 3 is 2.67 bits per heavy atom. The number of hydrogen-bond donors (Lipinski definition) is 0. The molecule has 1 saturated carbocycles. The molecular formula is C22H18N6O2. The molecule has 8 nitrogen and oxygen atoms in total. The van der Waals surface area contributed by atoms with Crippen molar-refractivity contribution in [2.45, 2.75) is 25.8 Å². The molecular weight excluding hydrogens is 380 g/mol. The molecule has 2 unspecified atom stereocenters. The van der Waals surface area contributed by atoms with E-state index in [-0.39, 0.29) is 11.4 Å². The van der Waals surface area contributed by atoms with E-state index < -0.39 is 0 Å². The Morgan fingerprint density at radius 2 is 1.90 bits per heavy atom. The van der Waals surface area contributed by atoms with Gasteiger partial charge in [-0.15, -0.1) is 0 Å². The summed E-state index contributed by atoms with van der Waals surface area (Å²) in [6.45, 7) is 2.52. The average Bonchev–Trinajstić information content (AvgIpc) is 3.17. The highest BCUT2D eigenvalue weighted by molar-refractivity contribution is 5.83. The van der Waals surface area contributed by atoms with E-state index in [1.165, 1.54) is 0 Å². The molecule has 1 aromatic carbocycles. The topological polar surface area (TPSA) is 91.1 Å². The predicted molar refractivity (Wildman–Crippen MR) is 110 cm³/mol. The zero-order valence-corrected chi connectivity index (χ0v) is 16.3. The van der Waals surface area contributed by atoms with Gasteiger partial charge in [-0.1, -0.05) is 30.3 Å². The SMILES string of the molecule is CC1CC1c1noc(-c2ncn3c2c(=O)n(Cc2ccccn2)c2ccccc23)n1. The van der Waals surface area contributed by atoms with E-state index in [1.807, 2.05) is 42.5 Å². The summed E-state index contributed by atoms with van der Waals surface area (Å²) in [7, 11) is 0. The molecule has 2 atom stereocenters. The van der Waals surface area contributed by atoms with Crippen LogP contribution >= 0.6 is 0 Å². The van der Waals surface area contributed by atoms with Crippen molar-refractivity contribution in [3.05, 3.63) is 76.9 Å². The van der Waals surface area contributed by atoms with E-state index in [9.17, 15) is 4.79 Å². The molecule has 6 rings (SSSR count). The molecule has 0 amide bonds. The monoisotopic (exact) mass is 398 g/mol. The van der Waals surface area contributed by atoms with Crippen molar-refractivity contribution in [2.75, 3.05) is 0 Å². The van der Waals surface area contributed by atoms with Crippen molar-refractivity contribution < 1.29 is 4.52 Å². The van der Waals surface area contributed by atoms with E-state index in [2.05, 4.69) is 27.0 Å². The third kappa shape index (κ3) is 2.57. The number of nitrogens with zero attached hydrogens (tertiary/aromatic N) is 6. The van der Waals surface area contributed by atoms with Gasteiger partial charge in [-0.25, -0.2) is 4.98 Å². The number of aromatic nitrogens is 6. The number of rotatable bonds is 4. The van der Waals surface area contributed by atoms with Crippen LogP contribution in [0.25, 0.3) is 28.1 Å². The Balaban J connectivity index is 1.58. The molecule has 1 aliphatic rings. The number of pyridine rings is 1. The minimum atomic E-state index is -0.175.